The van der Waals surface area contributed by atoms with Crippen LogP contribution in [0.2, 0.25) is 0 Å². The van der Waals surface area contributed by atoms with Crippen LogP contribution >= 0.6 is 0 Å². The molecule has 0 rings (SSSR count). The van der Waals surface area contributed by atoms with Crippen molar-refractivity contribution < 1.29 is 46.5 Å². The first-order valence-electron chi connectivity index (χ1n) is 1.24. The van der Waals surface area contributed by atoms with Gasteiger partial charge in [0.2, 0.25) is 5.91 Å². The fourth-order valence-corrected chi connectivity index (χ4v) is 0. The second-order valence-electron chi connectivity index (χ2n) is 0.701. The van der Waals surface area contributed by atoms with Crippen molar-refractivity contribution >= 4 is 5.91 Å². The van der Waals surface area contributed by atoms with E-state index in [0.29, 0.717) is 0 Å². The minimum Gasteiger partial charge on any atom is -0.295 e. The molecule has 0 fully saturated rings. The van der Waals surface area contributed by atoms with Crippen LogP contribution in [0, 0.1) is 41.7 Å². The molecule has 0 bridgehead atoms. The van der Waals surface area contributed by atoms with Crippen LogP contribution in [-0.4, -0.2) is 5.91 Å². The summed E-state index contributed by atoms with van der Waals surface area (Å²) in [6.07, 6.45) is 0. The largest absolute Gasteiger partial charge is 0.295 e. The van der Waals surface area contributed by atoms with E-state index in [2.05, 4.69) is 5.84 Å². The molecule has 0 heterocycles. The van der Waals surface area contributed by atoms with Gasteiger partial charge in [0.15, 0.2) is 0 Å². The Morgan fingerprint density at radius 1 is 1.83 bits per heavy atom. The molecule has 0 radical (unpaired) electrons. The number of amides is 1. The molecule has 0 aromatic carbocycles. The van der Waals surface area contributed by atoms with Crippen molar-refractivity contribution in [3.05, 3.63) is 0 Å². The van der Waals surface area contributed by atoms with Crippen molar-refractivity contribution in [1.29, 1.82) is 0 Å². The number of nitrogens with two attached hydrogens (primary N) is 1. The predicted molar refractivity (Wildman–Crippen MR) is 18.0 cm³/mol. The van der Waals surface area contributed by atoms with E-state index in [-0.39, 0.29) is 47.7 Å². The molecule has 0 atom stereocenters. The Kier molecular flexibility index (Phi) is 9.61. The first-order valence-corrected chi connectivity index (χ1v) is 1.24. The summed E-state index contributed by atoms with van der Waals surface area (Å²) in [5.74, 6) is 4.35. The number of carbonyl (C=O) groups excluding carboxylic acids is 1. The van der Waals surface area contributed by atoms with Crippen LogP contribution in [-0.2, 0) is 4.79 Å². The van der Waals surface area contributed by atoms with Gasteiger partial charge < -0.3 is 0 Å². The Bertz CT molecular complexity index is 46.8. The quantitative estimate of drug-likeness (QED) is 0.308. The Hall–Kier alpha value is 0.807. The standard InChI is InChI=1S/C2H6N2O.Ce/c1-2(5)4-3;/h3H2,1H3,(H,4,5);. The zero-order valence-electron chi connectivity index (χ0n) is 3.49. The minimum absolute atomic E-state index is 0. The van der Waals surface area contributed by atoms with Gasteiger partial charge in [-0.15, -0.1) is 0 Å². The second-order valence-corrected chi connectivity index (χ2v) is 0.701. The van der Waals surface area contributed by atoms with Crippen molar-refractivity contribution in [2.75, 3.05) is 0 Å². The third-order valence-electron chi connectivity index (χ3n) is 0.203. The predicted octanol–water partition coefficient (Wildman–Crippen LogP) is -1.00. The molecule has 0 aromatic rings. The normalized spacial score (nSPS) is 5.67. The third-order valence-corrected chi connectivity index (χ3v) is 0.203. The molecule has 0 aromatic heterocycles. The van der Waals surface area contributed by atoms with Gasteiger partial charge in [-0.25, -0.2) is 5.84 Å². The summed E-state index contributed by atoms with van der Waals surface area (Å²) in [4.78, 5) is 9.58. The molecule has 34 valence electrons. The van der Waals surface area contributed by atoms with E-state index in [4.69, 9.17) is 0 Å². The maximum Gasteiger partial charge on any atom is 0.230 e. The van der Waals surface area contributed by atoms with Crippen LogP contribution in [0.4, 0.5) is 0 Å². The zero-order chi connectivity index (χ0) is 4.28. The van der Waals surface area contributed by atoms with E-state index >= 15 is 0 Å². The van der Waals surface area contributed by atoms with Crippen molar-refractivity contribution in [2.24, 2.45) is 5.84 Å². The van der Waals surface area contributed by atoms with E-state index < -0.39 is 0 Å². The SMILES string of the molecule is CC(=O)NN.[Ce]. The molecular formula is C2H6CeN2O. The third kappa shape index (κ3) is 8.84. The molecule has 0 aliphatic rings. The topological polar surface area (TPSA) is 55.1 Å². The summed E-state index contributed by atoms with van der Waals surface area (Å²) in [6, 6.07) is 0. The number of hydrogen-bond acceptors (Lipinski definition) is 2. The first-order chi connectivity index (χ1) is 2.27. The Morgan fingerprint density at radius 2 is 2.00 bits per heavy atom. The first kappa shape index (κ1) is 9.93. The second kappa shape index (κ2) is 5.81. The summed E-state index contributed by atoms with van der Waals surface area (Å²) in [7, 11) is 0. The molecular weight excluding hydrogens is 208 g/mol. The van der Waals surface area contributed by atoms with Crippen molar-refractivity contribution in [3.63, 3.8) is 0 Å². The van der Waals surface area contributed by atoms with E-state index in [0.717, 1.165) is 0 Å². The van der Waals surface area contributed by atoms with Crippen LogP contribution in [0.5, 0.6) is 0 Å². The smallest absolute Gasteiger partial charge is 0.230 e. The molecule has 0 saturated carbocycles. The van der Waals surface area contributed by atoms with E-state index in [1.807, 2.05) is 5.43 Å². The zero-order valence-corrected chi connectivity index (χ0v) is 6.63. The molecule has 0 aliphatic carbocycles. The molecule has 3 N–H and O–H groups in total. The molecule has 0 spiro atoms. The number of hydrazine groups is 1. The van der Waals surface area contributed by atoms with Gasteiger partial charge in [-0.05, 0) is 0 Å². The summed E-state index contributed by atoms with van der Waals surface area (Å²) in [5.41, 5.74) is 1.89. The maximum absolute atomic E-state index is 9.58. The van der Waals surface area contributed by atoms with Crippen LogP contribution in [0.25, 0.3) is 0 Å². The monoisotopic (exact) mass is 214 g/mol. The molecule has 1 amide bonds. The van der Waals surface area contributed by atoms with Crippen molar-refractivity contribution in [2.45, 2.75) is 6.92 Å². The van der Waals surface area contributed by atoms with Gasteiger partial charge in [0.05, 0.1) is 0 Å². The molecule has 4 heteroatoms. The number of nitrogens with one attached hydrogen (secondary N) is 1. The summed E-state index contributed by atoms with van der Waals surface area (Å²) in [5, 5.41) is 0. The van der Waals surface area contributed by atoms with Gasteiger partial charge >= 0.3 is 0 Å². The van der Waals surface area contributed by atoms with Gasteiger partial charge in [-0.2, -0.15) is 0 Å². The number of rotatable bonds is 0. The molecule has 0 unspecified atom stereocenters. The Labute approximate surface area is 70.0 Å². The fourth-order valence-electron chi connectivity index (χ4n) is 0. The van der Waals surface area contributed by atoms with Crippen LogP contribution in [0.3, 0.4) is 0 Å². The van der Waals surface area contributed by atoms with E-state index in [9.17, 15) is 4.79 Å². The molecule has 3 nitrogen and oxygen atoms in total. The van der Waals surface area contributed by atoms with Crippen LogP contribution in [0.1, 0.15) is 6.92 Å². The van der Waals surface area contributed by atoms with Gasteiger partial charge in [0.1, 0.15) is 0 Å². The Balaban J connectivity index is 0. The molecule has 0 aliphatic heterocycles. The summed E-state index contributed by atoms with van der Waals surface area (Å²) < 4.78 is 0. The number of hydrogen-bond donors (Lipinski definition) is 2. The van der Waals surface area contributed by atoms with E-state index in [1.54, 1.807) is 0 Å². The van der Waals surface area contributed by atoms with Crippen molar-refractivity contribution in [3.8, 4) is 0 Å². The average molecular weight is 214 g/mol. The summed E-state index contributed by atoms with van der Waals surface area (Å²) >= 11 is 0. The van der Waals surface area contributed by atoms with Gasteiger partial charge in [0, 0.05) is 48.7 Å². The Morgan fingerprint density at radius 3 is 2.00 bits per heavy atom. The van der Waals surface area contributed by atoms with Gasteiger partial charge in [-0.1, -0.05) is 0 Å². The fraction of sp³-hybridized carbons (Fsp3) is 0.500. The van der Waals surface area contributed by atoms with Crippen LogP contribution in [0.15, 0.2) is 0 Å². The van der Waals surface area contributed by atoms with Crippen molar-refractivity contribution in [1.82, 2.24) is 5.43 Å². The summed E-state index contributed by atoms with van der Waals surface area (Å²) in [6.45, 7) is 1.35. The molecule has 0 saturated heterocycles. The molecule has 6 heavy (non-hydrogen) atoms. The minimum atomic E-state index is -0.218. The average Bonchev–Trinajstić information content (AvgIpc) is 1.38. The maximum atomic E-state index is 9.58. The van der Waals surface area contributed by atoms with Gasteiger partial charge in [0.25, 0.3) is 0 Å². The number of carbonyl (C=O) groups is 1. The van der Waals surface area contributed by atoms with E-state index in [1.165, 1.54) is 6.92 Å². The van der Waals surface area contributed by atoms with Gasteiger partial charge in [-0.3, -0.25) is 10.2 Å². The van der Waals surface area contributed by atoms with Crippen LogP contribution < -0.4 is 11.3 Å².